The van der Waals surface area contributed by atoms with Gasteiger partial charge < -0.3 is 10.1 Å². The van der Waals surface area contributed by atoms with Crippen LogP contribution in [-0.4, -0.2) is 47.3 Å². The first kappa shape index (κ1) is 19.4. The van der Waals surface area contributed by atoms with Gasteiger partial charge in [-0.2, -0.15) is 5.10 Å². The number of rotatable bonds is 8. The molecule has 1 amide bonds. The highest BCUT2D eigenvalue weighted by Crippen LogP contribution is 2.23. The highest BCUT2D eigenvalue weighted by Gasteiger charge is 2.21. The molecule has 6 nitrogen and oxygen atoms in total. The SMILES string of the molecule is COc1ccccc1CN1CCCC(CNC(=O)CCc2ccnn2C)C1. The number of carbonyl (C=O) groups is 1. The van der Waals surface area contributed by atoms with Crippen LogP contribution in [0.5, 0.6) is 5.75 Å². The van der Waals surface area contributed by atoms with Crippen molar-refractivity contribution in [1.82, 2.24) is 20.0 Å². The van der Waals surface area contributed by atoms with E-state index in [1.165, 1.54) is 18.4 Å². The smallest absolute Gasteiger partial charge is 0.220 e. The van der Waals surface area contributed by atoms with Gasteiger partial charge in [0.1, 0.15) is 5.75 Å². The predicted molar refractivity (Wildman–Crippen MR) is 106 cm³/mol. The number of ether oxygens (including phenoxy) is 1. The van der Waals surface area contributed by atoms with E-state index >= 15 is 0 Å². The summed E-state index contributed by atoms with van der Waals surface area (Å²) in [5.74, 6) is 1.58. The van der Waals surface area contributed by atoms with E-state index in [2.05, 4.69) is 27.4 Å². The average molecular weight is 370 g/mol. The minimum absolute atomic E-state index is 0.123. The van der Waals surface area contributed by atoms with Crippen LogP contribution >= 0.6 is 0 Å². The van der Waals surface area contributed by atoms with E-state index < -0.39 is 0 Å². The zero-order valence-corrected chi connectivity index (χ0v) is 16.4. The molecule has 2 aromatic rings. The fourth-order valence-corrected chi connectivity index (χ4v) is 3.77. The summed E-state index contributed by atoms with van der Waals surface area (Å²) in [5, 5.41) is 7.26. The van der Waals surface area contributed by atoms with Gasteiger partial charge in [-0.15, -0.1) is 0 Å². The molecule has 27 heavy (non-hydrogen) atoms. The van der Waals surface area contributed by atoms with Gasteiger partial charge in [0.05, 0.1) is 7.11 Å². The van der Waals surface area contributed by atoms with E-state index in [0.29, 0.717) is 12.3 Å². The van der Waals surface area contributed by atoms with E-state index in [0.717, 1.165) is 44.0 Å². The van der Waals surface area contributed by atoms with Crippen LogP contribution in [0.3, 0.4) is 0 Å². The van der Waals surface area contributed by atoms with Crippen LogP contribution in [0.4, 0.5) is 0 Å². The maximum Gasteiger partial charge on any atom is 0.220 e. The molecule has 3 rings (SSSR count). The normalized spacial score (nSPS) is 17.6. The number of hydrogen-bond donors (Lipinski definition) is 1. The van der Waals surface area contributed by atoms with Crippen molar-refractivity contribution >= 4 is 5.91 Å². The van der Waals surface area contributed by atoms with Crippen molar-refractivity contribution in [2.24, 2.45) is 13.0 Å². The second-order valence-electron chi connectivity index (χ2n) is 7.31. The number of aromatic nitrogens is 2. The van der Waals surface area contributed by atoms with Crippen molar-refractivity contribution in [3.63, 3.8) is 0 Å². The molecule has 146 valence electrons. The van der Waals surface area contributed by atoms with Gasteiger partial charge in [-0.1, -0.05) is 18.2 Å². The zero-order chi connectivity index (χ0) is 19.1. The van der Waals surface area contributed by atoms with Crippen molar-refractivity contribution in [2.75, 3.05) is 26.7 Å². The van der Waals surface area contributed by atoms with Crippen LogP contribution < -0.4 is 10.1 Å². The molecule has 0 saturated carbocycles. The Hall–Kier alpha value is -2.34. The quantitative estimate of drug-likeness (QED) is 0.775. The van der Waals surface area contributed by atoms with Crippen LogP contribution in [0.25, 0.3) is 0 Å². The molecule has 0 aliphatic carbocycles. The second kappa shape index (κ2) is 9.55. The average Bonchev–Trinajstić information content (AvgIpc) is 3.10. The molecular formula is C21H30N4O2. The number of likely N-dealkylation sites (tertiary alicyclic amines) is 1. The number of aryl methyl sites for hydroxylation is 2. The summed E-state index contributed by atoms with van der Waals surface area (Å²) in [4.78, 5) is 14.6. The number of amides is 1. The third-order valence-corrected chi connectivity index (χ3v) is 5.31. The number of benzene rings is 1. The van der Waals surface area contributed by atoms with Crippen LogP contribution in [-0.2, 0) is 24.8 Å². The number of carbonyl (C=O) groups excluding carboxylic acids is 1. The van der Waals surface area contributed by atoms with E-state index in [4.69, 9.17) is 4.74 Å². The third-order valence-electron chi connectivity index (χ3n) is 5.31. The molecule has 1 saturated heterocycles. The predicted octanol–water partition coefficient (Wildman–Crippen LogP) is 2.39. The number of hydrogen-bond acceptors (Lipinski definition) is 4. The van der Waals surface area contributed by atoms with E-state index in [1.54, 1.807) is 13.3 Å². The lowest BCUT2D eigenvalue weighted by molar-refractivity contribution is -0.121. The Morgan fingerprint density at radius 2 is 2.19 bits per heavy atom. The zero-order valence-electron chi connectivity index (χ0n) is 16.4. The molecule has 1 atom stereocenters. The first-order valence-corrected chi connectivity index (χ1v) is 9.73. The topological polar surface area (TPSA) is 59.4 Å². The van der Waals surface area contributed by atoms with Gasteiger partial charge in [0, 0.05) is 50.6 Å². The summed E-state index contributed by atoms with van der Waals surface area (Å²) in [6, 6.07) is 10.2. The Balaban J connectivity index is 1.43. The Kier molecular flexibility index (Phi) is 6.87. The van der Waals surface area contributed by atoms with Gasteiger partial charge >= 0.3 is 0 Å². The van der Waals surface area contributed by atoms with E-state index in [-0.39, 0.29) is 5.91 Å². The van der Waals surface area contributed by atoms with Gasteiger partial charge in [-0.3, -0.25) is 14.4 Å². The molecule has 1 aromatic carbocycles. The number of piperidine rings is 1. The standard InChI is InChI=1S/C21H30N4O2/c1-24-19(11-12-23-24)9-10-21(26)22-14-17-6-5-13-25(15-17)16-18-7-3-4-8-20(18)27-2/h3-4,7-8,11-12,17H,5-6,9-10,13-16H2,1-2H3,(H,22,26). The minimum atomic E-state index is 0.123. The molecule has 0 bridgehead atoms. The largest absolute Gasteiger partial charge is 0.496 e. The minimum Gasteiger partial charge on any atom is -0.496 e. The lowest BCUT2D eigenvalue weighted by atomic mass is 9.97. The molecule has 1 aliphatic rings. The van der Waals surface area contributed by atoms with Crippen molar-refractivity contribution in [3.05, 3.63) is 47.8 Å². The van der Waals surface area contributed by atoms with Crippen molar-refractivity contribution in [2.45, 2.75) is 32.2 Å². The molecule has 1 fully saturated rings. The van der Waals surface area contributed by atoms with Gasteiger partial charge in [0.2, 0.25) is 5.91 Å². The Labute approximate surface area is 161 Å². The Morgan fingerprint density at radius 3 is 2.96 bits per heavy atom. The van der Waals surface area contributed by atoms with Gasteiger partial charge in [0.15, 0.2) is 0 Å². The van der Waals surface area contributed by atoms with Gasteiger partial charge in [-0.05, 0) is 43.9 Å². The number of para-hydroxylation sites is 1. The fourth-order valence-electron chi connectivity index (χ4n) is 3.77. The Bertz CT molecular complexity index is 743. The molecule has 1 N–H and O–H groups in total. The molecule has 1 aliphatic heterocycles. The van der Waals surface area contributed by atoms with Gasteiger partial charge in [0.25, 0.3) is 0 Å². The van der Waals surface area contributed by atoms with Crippen LogP contribution in [0.15, 0.2) is 36.5 Å². The number of nitrogens with one attached hydrogen (secondary N) is 1. The molecule has 0 radical (unpaired) electrons. The summed E-state index contributed by atoms with van der Waals surface area (Å²) in [5.41, 5.74) is 2.31. The monoisotopic (exact) mass is 370 g/mol. The van der Waals surface area contributed by atoms with E-state index in [9.17, 15) is 4.79 Å². The lowest BCUT2D eigenvalue weighted by Gasteiger charge is -2.33. The maximum atomic E-state index is 12.2. The van der Waals surface area contributed by atoms with Gasteiger partial charge in [-0.25, -0.2) is 0 Å². The summed E-state index contributed by atoms with van der Waals surface area (Å²) < 4.78 is 7.29. The summed E-state index contributed by atoms with van der Waals surface area (Å²) in [6.07, 6.45) is 5.35. The second-order valence-corrected chi connectivity index (χ2v) is 7.31. The van der Waals surface area contributed by atoms with Crippen LogP contribution in [0, 0.1) is 5.92 Å². The highest BCUT2D eigenvalue weighted by molar-refractivity contribution is 5.76. The van der Waals surface area contributed by atoms with Crippen LogP contribution in [0.2, 0.25) is 0 Å². The summed E-state index contributed by atoms with van der Waals surface area (Å²) in [7, 11) is 3.63. The van der Waals surface area contributed by atoms with Crippen molar-refractivity contribution in [1.29, 1.82) is 0 Å². The molecule has 1 unspecified atom stereocenters. The number of nitrogens with zero attached hydrogens (tertiary/aromatic N) is 3. The third kappa shape index (κ3) is 5.57. The first-order valence-electron chi connectivity index (χ1n) is 9.73. The van der Waals surface area contributed by atoms with E-state index in [1.807, 2.05) is 29.9 Å². The molecule has 6 heteroatoms. The fraction of sp³-hybridized carbons (Fsp3) is 0.524. The first-order chi connectivity index (χ1) is 13.2. The molecule has 2 heterocycles. The highest BCUT2D eigenvalue weighted by atomic mass is 16.5. The number of methoxy groups -OCH3 is 1. The lowest BCUT2D eigenvalue weighted by Crippen LogP contribution is -2.40. The summed E-state index contributed by atoms with van der Waals surface area (Å²) >= 11 is 0. The van der Waals surface area contributed by atoms with Crippen LogP contribution in [0.1, 0.15) is 30.5 Å². The van der Waals surface area contributed by atoms with Crippen molar-refractivity contribution < 1.29 is 9.53 Å². The molecule has 1 aromatic heterocycles. The van der Waals surface area contributed by atoms with Crippen molar-refractivity contribution in [3.8, 4) is 5.75 Å². The Morgan fingerprint density at radius 1 is 1.33 bits per heavy atom. The molecule has 0 spiro atoms. The summed E-state index contributed by atoms with van der Waals surface area (Å²) in [6.45, 7) is 3.77. The molecular weight excluding hydrogens is 340 g/mol. The maximum absolute atomic E-state index is 12.2.